The molecule has 0 bridgehead atoms. The first kappa shape index (κ1) is 18.1. The summed E-state index contributed by atoms with van der Waals surface area (Å²) in [5.74, 6) is 0.660. The van der Waals surface area contributed by atoms with Gasteiger partial charge in [0.2, 0.25) is 0 Å². The summed E-state index contributed by atoms with van der Waals surface area (Å²) in [7, 11) is -0.313. The second-order valence-electron chi connectivity index (χ2n) is 6.83. The van der Waals surface area contributed by atoms with Crippen molar-refractivity contribution in [1.29, 1.82) is 0 Å². The zero-order chi connectivity index (χ0) is 19.3. The minimum absolute atomic E-state index is 0.313. The first-order chi connectivity index (χ1) is 13.7. The Kier molecular flexibility index (Phi) is 5.27. The van der Waals surface area contributed by atoms with Gasteiger partial charge in [-0.05, 0) is 64.6 Å². The van der Waals surface area contributed by atoms with Crippen LogP contribution in [0.1, 0.15) is 5.56 Å². The molecule has 0 saturated carbocycles. The van der Waals surface area contributed by atoms with Gasteiger partial charge in [0.05, 0.1) is 0 Å². The zero-order valence-electron chi connectivity index (χ0n) is 15.8. The maximum absolute atomic E-state index is 8.87. The molecule has 0 spiro atoms. The second kappa shape index (κ2) is 8.16. The van der Waals surface area contributed by atoms with Crippen molar-refractivity contribution >= 4 is 7.69 Å². The lowest BCUT2D eigenvalue weighted by molar-refractivity contribution is 0.454. The number of benzene rings is 4. The van der Waals surface area contributed by atoms with Crippen LogP contribution in [0.2, 0.25) is 0 Å². The zero-order valence-corrected chi connectivity index (χ0v) is 15.8. The predicted molar refractivity (Wildman–Crippen MR) is 117 cm³/mol. The third kappa shape index (κ3) is 4.00. The van der Waals surface area contributed by atoms with E-state index in [9.17, 15) is 0 Å². The van der Waals surface area contributed by atoms with Crippen molar-refractivity contribution in [2.75, 3.05) is 0 Å². The standard InChI is InChI=1S/C25H21BO2/c1-18-5-2-6-20(15-18)22-8-4-10-24(17-22)23-9-3-7-21(16-23)19-11-13-25(14-12-19)28-26-27/h2-17,26-27H,1H3. The van der Waals surface area contributed by atoms with E-state index in [-0.39, 0.29) is 7.69 Å². The lowest BCUT2D eigenvalue weighted by atomic mass is 9.96. The van der Waals surface area contributed by atoms with E-state index in [0.717, 1.165) is 11.1 Å². The number of hydrogen-bond donors (Lipinski definition) is 1. The van der Waals surface area contributed by atoms with E-state index < -0.39 is 0 Å². The molecule has 0 heterocycles. The van der Waals surface area contributed by atoms with Gasteiger partial charge in [-0.15, -0.1) is 0 Å². The van der Waals surface area contributed by atoms with Crippen LogP contribution in [-0.4, -0.2) is 12.7 Å². The van der Waals surface area contributed by atoms with E-state index in [2.05, 4.69) is 79.7 Å². The van der Waals surface area contributed by atoms with Crippen molar-refractivity contribution in [3.8, 4) is 39.1 Å². The summed E-state index contributed by atoms with van der Waals surface area (Å²) in [6.45, 7) is 2.12. The van der Waals surface area contributed by atoms with Gasteiger partial charge in [0.25, 0.3) is 0 Å². The maximum atomic E-state index is 8.87. The van der Waals surface area contributed by atoms with Crippen LogP contribution in [0.15, 0.2) is 97.1 Å². The van der Waals surface area contributed by atoms with Crippen molar-refractivity contribution in [1.82, 2.24) is 0 Å². The lowest BCUT2D eigenvalue weighted by Gasteiger charge is -2.09. The van der Waals surface area contributed by atoms with Crippen LogP contribution in [0.25, 0.3) is 33.4 Å². The molecule has 0 atom stereocenters. The molecule has 0 aliphatic carbocycles. The highest BCUT2D eigenvalue weighted by Crippen LogP contribution is 2.30. The average Bonchev–Trinajstić information content (AvgIpc) is 2.75. The SMILES string of the molecule is Cc1cccc(-c2cccc(-c3cccc(-c4ccc(OBO)cc4)c3)c2)c1. The number of hydrogen-bond acceptors (Lipinski definition) is 2. The highest BCUT2D eigenvalue weighted by Gasteiger charge is 2.05. The van der Waals surface area contributed by atoms with Crippen LogP contribution in [0.5, 0.6) is 5.75 Å². The number of aryl methyl sites for hydroxylation is 1. The smallest absolute Gasteiger partial charge is 0.504 e. The summed E-state index contributed by atoms with van der Waals surface area (Å²) in [6, 6.07) is 33.5. The minimum Gasteiger partial charge on any atom is -0.539 e. The molecule has 1 N–H and O–H groups in total. The Morgan fingerprint density at radius 3 is 1.54 bits per heavy atom. The Morgan fingerprint density at radius 2 is 1.04 bits per heavy atom. The molecular weight excluding hydrogens is 343 g/mol. The van der Waals surface area contributed by atoms with Gasteiger partial charge in [-0.25, -0.2) is 0 Å². The van der Waals surface area contributed by atoms with Gasteiger partial charge in [0, 0.05) is 0 Å². The van der Waals surface area contributed by atoms with Gasteiger partial charge in [0.1, 0.15) is 5.75 Å². The molecular formula is C25H21BO2. The highest BCUT2D eigenvalue weighted by molar-refractivity contribution is 6.17. The summed E-state index contributed by atoms with van der Waals surface area (Å²) in [6.07, 6.45) is 0. The van der Waals surface area contributed by atoms with Crippen LogP contribution in [0.3, 0.4) is 0 Å². The average molecular weight is 364 g/mol. The fourth-order valence-electron chi connectivity index (χ4n) is 3.40. The molecule has 0 saturated heterocycles. The molecule has 2 nitrogen and oxygen atoms in total. The normalized spacial score (nSPS) is 10.5. The second-order valence-corrected chi connectivity index (χ2v) is 6.83. The highest BCUT2D eigenvalue weighted by atomic mass is 16.5. The van der Waals surface area contributed by atoms with Crippen molar-refractivity contribution in [3.63, 3.8) is 0 Å². The molecule has 0 radical (unpaired) electrons. The fraction of sp³-hybridized carbons (Fsp3) is 0.0400. The molecule has 4 aromatic carbocycles. The largest absolute Gasteiger partial charge is 0.539 e. The fourth-order valence-corrected chi connectivity index (χ4v) is 3.40. The molecule has 0 aliphatic heterocycles. The van der Waals surface area contributed by atoms with E-state index in [0.29, 0.717) is 5.75 Å². The van der Waals surface area contributed by atoms with Crippen LogP contribution in [0.4, 0.5) is 0 Å². The van der Waals surface area contributed by atoms with Crippen LogP contribution < -0.4 is 4.65 Å². The molecule has 4 aromatic rings. The first-order valence-corrected chi connectivity index (χ1v) is 9.34. The van der Waals surface area contributed by atoms with Crippen LogP contribution >= 0.6 is 0 Å². The molecule has 0 amide bonds. The molecule has 4 rings (SSSR count). The predicted octanol–water partition coefficient (Wildman–Crippen LogP) is 5.63. The van der Waals surface area contributed by atoms with Crippen molar-refractivity contribution in [2.45, 2.75) is 6.92 Å². The van der Waals surface area contributed by atoms with Crippen molar-refractivity contribution in [3.05, 3.63) is 103 Å². The third-order valence-electron chi connectivity index (χ3n) is 4.83. The van der Waals surface area contributed by atoms with E-state index >= 15 is 0 Å². The molecule has 0 unspecified atom stereocenters. The monoisotopic (exact) mass is 364 g/mol. The van der Waals surface area contributed by atoms with Gasteiger partial charge >= 0.3 is 7.69 Å². The third-order valence-corrected chi connectivity index (χ3v) is 4.83. The topological polar surface area (TPSA) is 29.5 Å². The quantitative estimate of drug-likeness (QED) is 0.465. The summed E-state index contributed by atoms with van der Waals surface area (Å²) < 4.78 is 5.11. The minimum atomic E-state index is -0.313. The molecule has 3 heteroatoms. The number of rotatable bonds is 5. The van der Waals surface area contributed by atoms with Crippen LogP contribution in [0, 0.1) is 6.92 Å². The maximum Gasteiger partial charge on any atom is 0.504 e. The lowest BCUT2D eigenvalue weighted by Crippen LogP contribution is -1.99. The van der Waals surface area contributed by atoms with Gasteiger partial charge in [-0.3, -0.25) is 0 Å². The first-order valence-electron chi connectivity index (χ1n) is 9.34. The van der Waals surface area contributed by atoms with Gasteiger partial charge < -0.3 is 9.68 Å². The van der Waals surface area contributed by atoms with E-state index in [1.54, 1.807) is 0 Å². The Hall–Kier alpha value is -3.30. The van der Waals surface area contributed by atoms with Crippen molar-refractivity contribution in [2.24, 2.45) is 0 Å². The Balaban J connectivity index is 1.67. The Bertz CT molecular complexity index is 1090. The van der Waals surface area contributed by atoms with Gasteiger partial charge in [-0.2, -0.15) is 0 Å². The summed E-state index contributed by atoms with van der Waals surface area (Å²) in [4.78, 5) is 0. The van der Waals surface area contributed by atoms with Crippen LogP contribution in [-0.2, 0) is 0 Å². The summed E-state index contributed by atoms with van der Waals surface area (Å²) in [5, 5.41) is 8.87. The van der Waals surface area contributed by atoms with Gasteiger partial charge in [0.15, 0.2) is 0 Å². The summed E-state index contributed by atoms with van der Waals surface area (Å²) in [5.41, 5.74) is 8.35. The molecule has 0 fully saturated rings. The van der Waals surface area contributed by atoms with E-state index in [1.807, 2.05) is 24.3 Å². The van der Waals surface area contributed by atoms with Gasteiger partial charge in [-0.1, -0.05) is 78.4 Å². The van der Waals surface area contributed by atoms with E-state index in [1.165, 1.54) is 27.8 Å². The molecule has 0 aliphatic rings. The molecule has 0 aromatic heterocycles. The molecule has 136 valence electrons. The van der Waals surface area contributed by atoms with E-state index in [4.69, 9.17) is 9.68 Å². The Labute approximate surface area is 166 Å². The molecule has 28 heavy (non-hydrogen) atoms. The Morgan fingerprint density at radius 1 is 0.571 bits per heavy atom. The summed E-state index contributed by atoms with van der Waals surface area (Å²) >= 11 is 0. The van der Waals surface area contributed by atoms with Crippen molar-refractivity contribution < 1.29 is 9.68 Å².